The van der Waals surface area contributed by atoms with Gasteiger partial charge in [-0.25, -0.2) is 4.98 Å². The van der Waals surface area contributed by atoms with E-state index in [1.807, 2.05) is 17.5 Å². The first-order chi connectivity index (χ1) is 11.1. The number of aromatic nitrogens is 1. The van der Waals surface area contributed by atoms with Crippen LogP contribution in [0.1, 0.15) is 4.88 Å². The molecule has 7 nitrogen and oxygen atoms in total. The number of oxazole rings is 1. The van der Waals surface area contributed by atoms with Gasteiger partial charge in [-0.3, -0.25) is 14.9 Å². The van der Waals surface area contributed by atoms with E-state index in [0.29, 0.717) is 22.9 Å². The number of hydrogen-bond donors (Lipinski definition) is 1. The lowest BCUT2D eigenvalue weighted by Crippen LogP contribution is -2.24. The van der Waals surface area contributed by atoms with Crippen molar-refractivity contribution in [3.63, 3.8) is 0 Å². The summed E-state index contributed by atoms with van der Waals surface area (Å²) in [5, 5.41) is 15.8. The maximum atomic E-state index is 11.8. The normalized spacial score (nSPS) is 10.8. The van der Waals surface area contributed by atoms with Crippen LogP contribution in [0.15, 0.2) is 45.4 Å². The minimum absolute atomic E-state index is 0.0453. The van der Waals surface area contributed by atoms with Crippen LogP contribution in [0.25, 0.3) is 11.1 Å². The molecule has 1 N–H and O–H groups in total. The molecule has 0 atom stereocenters. The van der Waals surface area contributed by atoms with Gasteiger partial charge in [0.15, 0.2) is 5.58 Å². The Hall–Kier alpha value is -2.39. The van der Waals surface area contributed by atoms with Gasteiger partial charge in [0.1, 0.15) is 5.52 Å². The summed E-state index contributed by atoms with van der Waals surface area (Å²) in [5.74, 6) is 0.0388. The number of hydrogen-bond acceptors (Lipinski definition) is 7. The van der Waals surface area contributed by atoms with E-state index in [-0.39, 0.29) is 17.3 Å². The third kappa shape index (κ3) is 3.88. The molecule has 3 rings (SSSR count). The number of nitro groups is 1. The number of rotatable bonds is 6. The van der Waals surface area contributed by atoms with E-state index in [1.165, 1.54) is 18.2 Å². The number of nitrogens with one attached hydrogen (secondary N) is 1. The van der Waals surface area contributed by atoms with Gasteiger partial charge >= 0.3 is 0 Å². The molecule has 0 aliphatic heterocycles. The summed E-state index contributed by atoms with van der Waals surface area (Å²) in [6, 6.07) is 8.08. The predicted molar refractivity (Wildman–Crippen MR) is 87.6 cm³/mol. The van der Waals surface area contributed by atoms with Crippen molar-refractivity contribution in [1.82, 2.24) is 10.3 Å². The fourth-order valence-corrected chi connectivity index (χ4v) is 3.16. The Morgan fingerprint density at radius 2 is 2.30 bits per heavy atom. The van der Waals surface area contributed by atoms with Gasteiger partial charge in [-0.05, 0) is 17.5 Å². The highest BCUT2D eigenvalue weighted by Gasteiger charge is 2.13. The standard InChI is InChI=1S/C14H11N3O4S2/c18-13(15-7-10-2-1-5-22-10)8-23-14-16-11-6-9(17(19)20)3-4-12(11)21-14/h1-6H,7-8H2,(H,15,18). The number of carbonyl (C=O) groups excluding carboxylic acids is 1. The lowest BCUT2D eigenvalue weighted by Gasteiger charge is -2.01. The van der Waals surface area contributed by atoms with Crippen LogP contribution in [0.2, 0.25) is 0 Å². The van der Waals surface area contributed by atoms with Crippen molar-refractivity contribution in [3.8, 4) is 0 Å². The highest BCUT2D eigenvalue weighted by molar-refractivity contribution is 7.99. The molecule has 1 aromatic carbocycles. The minimum Gasteiger partial charge on any atom is -0.431 e. The number of thiophene rings is 1. The Morgan fingerprint density at radius 1 is 1.43 bits per heavy atom. The second-order valence-corrected chi connectivity index (χ2v) is 6.49. The van der Waals surface area contributed by atoms with Crippen LogP contribution < -0.4 is 5.32 Å². The quantitative estimate of drug-likeness (QED) is 0.417. The summed E-state index contributed by atoms with van der Waals surface area (Å²) in [6.45, 7) is 0.497. The topological polar surface area (TPSA) is 98.3 Å². The molecule has 0 saturated carbocycles. The second kappa shape index (κ2) is 6.80. The first kappa shape index (κ1) is 15.5. The van der Waals surface area contributed by atoms with Gasteiger partial charge in [0.25, 0.3) is 10.9 Å². The minimum atomic E-state index is -0.487. The molecule has 0 spiro atoms. The van der Waals surface area contributed by atoms with Crippen LogP contribution >= 0.6 is 23.1 Å². The summed E-state index contributed by atoms with van der Waals surface area (Å²) < 4.78 is 5.45. The fraction of sp³-hybridized carbons (Fsp3) is 0.143. The van der Waals surface area contributed by atoms with Crippen LogP contribution in [-0.4, -0.2) is 21.6 Å². The summed E-state index contributed by atoms with van der Waals surface area (Å²) >= 11 is 2.73. The van der Waals surface area contributed by atoms with Crippen molar-refractivity contribution in [2.45, 2.75) is 11.8 Å². The molecular formula is C14H11N3O4S2. The van der Waals surface area contributed by atoms with Crippen LogP contribution in [0.5, 0.6) is 0 Å². The highest BCUT2D eigenvalue weighted by atomic mass is 32.2. The van der Waals surface area contributed by atoms with E-state index in [1.54, 1.807) is 11.3 Å². The number of nitro benzene ring substituents is 1. The lowest BCUT2D eigenvalue weighted by molar-refractivity contribution is -0.384. The molecule has 0 saturated heterocycles. The largest absolute Gasteiger partial charge is 0.431 e. The number of benzene rings is 1. The molecule has 0 fully saturated rings. The zero-order valence-electron chi connectivity index (χ0n) is 11.7. The van der Waals surface area contributed by atoms with Gasteiger partial charge < -0.3 is 9.73 Å². The average Bonchev–Trinajstić information content (AvgIpc) is 3.18. The predicted octanol–water partition coefficient (Wildman–Crippen LogP) is 3.21. The summed E-state index contributed by atoms with van der Waals surface area (Å²) in [5.41, 5.74) is 0.814. The molecule has 0 aliphatic carbocycles. The van der Waals surface area contributed by atoms with Crippen molar-refractivity contribution < 1.29 is 14.1 Å². The van der Waals surface area contributed by atoms with E-state index in [9.17, 15) is 14.9 Å². The van der Waals surface area contributed by atoms with Crippen LogP contribution in [-0.2, 0) is 11.3 Å². The third-order valence-electron chi connectivity index (χ3n) is 2.93. The van der Waals surface area contributed by atoms with E-state index >= 15 is 0 Å². The maximum Gasteiger partial charge on any atom is 0.271 e. The highest BCUT2D eigenvalue weighted by Crippen LogP contribution is 2.26. The number of amides is 1. The zero-order chi connectivity index (χ0) is 16.2. The molecule has 0 aliphatic rings. The molecule has 0 unspecified atom stereocenters. The van der Waals surface area contributed by atoms with Gasteiger partial charge in [-0.2, -0.15) is 0 Å². The Balaban J connectivity index is 1.58. The Labute approximate surface area is 138 Å². The number of carbonyl (C=O) groups is 1. The van der Waals surface area contributed by atoms with Gasteiger partial charge in [0.2, 0.25) is 5.91 Å². The first-order valence-corrected chi connectivity index (χ1v) is 8.45. The number of nitrogens with zero attached hydrogens (tertiary/aromatic N) is 2. The molecule has 1 amide bonds. The molecule has 118 valence electrons. The average molecular weight is 349 g/mol. The lowest BCUT2D eigenvalue weighted by atomic mass is 10.3. The van der Waals surface area contributed by atoms with E-state index in [4.69, 9.17) is 4.42 Å². The fourth-order valence-electron chi connectivity index (χ4n) is 1.85. The number of fused-ring (bicyclic) bond motifs is 1. The van der Waals surface area contributed by atoms with Gasteiger partial charge in [0.05, 0.1) is 17.2 Å². The first-order valence-electron chi connectivity index (χ1n) is 6.59. The third-order valence-corrected chi connectivity index (χ3v) is 4.63. The maximum absolute atomic E-state index is 11.8. The summed E-state index contributed by atoms with van der Waals surface area (Å²) in [4.78, 5) is 27.3. The van der Waals surface area contributed by atoms with Crippen molar-refractivity contribution >= 4 is 45.8 Å². The van der Waals surface area contributed by atoms with Crippen molar-refractivity contribution in [2.24, 2.45) is 0 Å². The van der Waals surface area contributed by atoms with Gasteiger partial charge in [-0.15, -0.1) is 11.3 Å². The monoisotopic (exact) mass is 349 g/mol. The van der Waals surface area contributed by atoms with Crippen molar-refractivity contribution in [1.29, 1.82) is 0 Å². The van der Waals surface area contributed by atoms with E-state index in [2.05, 4.69) is 10.3 Å². The second-order valence-electron chi connectivity index (χ2n) is 4.53. The smallest absolute Gasteiger partial charge is 0.271 e. The molecule has 3 aromatic rings. The van der Waals surface area contributed by atoms with Crippen LogP contribution in [0.4, 0.5) is 5.69 Å². The molecular weight excluding hydrogens is 338 g/mol. The number of thioether (sulfide) groups is 1. The Kier molecular flexibility index (Phi) is 4.58. The number of non-ortho nitro benzene ring substituents is 1. The molecule has 23 heavy (non-hydrogen) atoms. The zero-order valence-corrected chi connectivity index (χ0v) is 13.4. The molecule has 2 heterocycles. The van der Waals surface area contributed by atoms with Crippen LogP contribution in [0.3, 0.4) is 0 Å². The van der Waals surface area contributed by atoms with E-state index in [0.717, 1.165) is 16.6 Å². The van der Waals surface area contributed by atoms with Crippen LogP contribution in [0, 0.1) is 10.1 Å². The van der Waals surface area contributed by atoms with E-state index < -0.39 is 4.92 Å². The van der Waals surface area contributed by atoms with Crippen molar-refractivity contribution in [3.05, 3.63) is 50.7 Å². The molecule has 9 heteroatoms. The summed E-state index contributed by atoms with van der Waals surface area (Å²) in [7, 11) is 0. The Bertz CT molecular complexity index is 845. The SMILES string of the molecule is O=C(CSc1nc2cc([N+](=O)[O-])ccc2o1)NCc1cccs1. The molecule has 0 bridgehead atoms. The van der Waals surface area contributed by atoms with Gasteiger partial charge in [-0.1, -0.05) is 17.8 Å². The van der Waals surface area contributed by atoms with Gasteiger partial charge in [0, 0.05) is 17.0 Å². The molecule has 2 aromatic heterocycles. The van der Waals surface area contributed by atoms with Crippen molar-refractivity contribution in [2.75, 3.05) is 5.75 Å². The Morgan fingerprint density at radius 3 is 3.04 bits per heavy atom. The molecule has 0 radical (unpaired) electrons. The summed E-state index contributed by atoms with van der Waals surface area (Å²) in [6.07, 6.45) is 0.